The van der Waals surface area contributed by atoms with Crippen molar-refractivity contribution in [3.63, 3.8) is 0 Å². The number of hydrogen-bond acceptors (Lipinski definition) is 2. The fourth-order valence-electron chi connectivity index (χ4n) is 2.22. The molecule has 5 heteroatoms. The smallest absolute Gasteiger partial charge is 0.133 e. The van der Waals surface area contributed by atoms with E-state index in [1.165, 1.54) is 5.56 Å². The zero-order valence-electron chi connectivity index (χ0n) is 11.8. The van der Waals surface area contributed by atoms with E-state index >= 15 is 0 Å². The number of benzene rings is 2. The van der Waals surface area contributed by atoms with Crippen LogP contribution in [0.1, 0.15) is 17.2 Å². The Kier molecular flexibility index (Phi) is 5.94. The lowest BCUT2D eigenvalue weighted by Gasteiger charge is -2.19. The predicted octanol–water partition coefficient (Wildman–Crippen LogP) is 5.27. The molecule has 0 aliphatic carbocycles. The van der Waals surface area contributed by atoms with Crippen LogP contribution in [-0.4, -0.2) is 14.2 Å². The molecule has 21 heavy (non-hydrogen) atoms. The van der Waals surface area contributed by atoms with Crippen molar-refractivity contribution in [2.24, 2.45) is 0 Å². The SMILES string of the molecule is CNC(Cc1ccc(OC)c(Br)c1)c1cc(Cl)ccc1Cl. The second-order valence-electron chi connectivity index (χ2n) is 4.68. The van der Waals surface area contributed by atoms with Gasteiger partial charge >= 0.3 is 0 Å². The van der Waals surface area contributed by atoms with Gasteiger partial charge in [-0.1, -0.05) is 29.3 Å². The van der Waals surface area contributed by atoms with Crippen LogP contribution in [0, 0.1) is 0 Å². The molecular weight excluding hydrogens is 373 g/mol. The molecule has 0 aliphatic rings. The van der Waals surface area contributed by atoms with Crippen LogP contribution in [0.4, 0.5) is 0 Å². The third kappa shape index (κ3) is 4.13. The summed E-state index contributed by atoms with van der Waals surface area (Å²) in [5.74, 6) is 0.820. The van der Waals surface area contributed by atoms with Crippen LogP contribution in [0.25, 0.3) is 0 Å². The summed E-state index contributed by atoms with van der Waals surface area (Å²) in [7, 11) is 3.57. The van der Waals surface area contributed by atoms with Gasteiger partial charge in [-0.15, -0.1) is 0 Å². The van der Waals surface area contributed by atoms with E-state index in [1.807, 2.05) is 31.3 Å². The molecule has 1 N–H and O–H groups in total. The summed E-state index contributed by atoms with van der Waals surface area (Å²) < 4.78 is 6.19. The van der Waals surface area contributed by atoms with E-state index in [9.17, 15) is 0 Å². The topological polar surface area (TPSA) is 21.3 Å². The molecular formula is C16H16BrCl2NO. The monoisotopic (exact) mass is 387 g/mol. The number of halogens is 3. The minimum Gasteiger partial charge on any atom is -0.496 e. The maximum absolute atomic E-state index is 6.29. The molecule has 2 aromatic rings. The van der Waals surface area contributed by atoms with Gasteiger partial charge in [-0.3, -0.25) is 0 Å². The van der Waals surface area contributed by atoms with E-state index in [4.69, 9.17) is 27.9 Å². The summed E-state index contributed by atoms with van der Waals surface area (Å²) in [6.45, 7) is 0. The molecule has 2 aromatic carbocycles. The fraction of sp³-hybridized carbons (Fsp3) is 0.250. The van der Waals surface area contributed by atoms with E-state index in [0.717, 1.165) is 22.2 Å². The molecule has 0 heterocycles. The minimum absolute atomic E-state index is 0.0940. The lowest BCUT2D eigenvalue weighted by Crippen LogP contribution is -2.19. The Balaban J connectivity index is 2.26. The maximum atomic E-state index is 6.29. The normalized spacial score (nSPS) is 12.2. The second-order valence-corrected chi connectivity index (χ2v) is 6.38. The summed E-state index contributed by atoms with van der Waals surface area (Å²) in [5.41, 5.74) is 2.18. The van der Waals surface area contributed by atoms with Gasteiger partial charge in [0.05, 0.1) is 11.6 Å². The molecule has 0 saturated carbocycles. The zero-order chi connectivity index (χ0) is 15.4. The average molecular weight is 389 g/mol. The Labute approximate surface area is 143 Å². The lowest BCUT2D eigenvalue weighted by molar-refractivity contribution is 0.412. The molecule has 1 atom stereocenters. The third-order valence-electron chi connectivity index (χ3n) is 3.34. The summed E-state index contributed by atoms with van der Waals surface area (Å²) in [5, 5.41) is 4.69. The van der Waals surface area contributed by atoms with Gasteiger partial charge in [0.25, 0.3) is 0 Å². The highest BCUT2D eigenvalue weighted by Gasteiger charge is 2.15. The molecule has 0 fully saturated rings. The molecule has 2 rings (SSSR count). The standard InChI is InChI=1S/C16H16BrCl2NO/c1-20-15(12-9-11(18)4-5-14(12)19)8-10-3-6-16(21-2)13(17)7-10/h3-7,9,15,20H,8H2,1-2H3. The fourth-order valence-corrected chi connectivity index (χ4v) is 3.24. The molecule has 0 saturated heterocycles. The van der Waals surface area contributed by atoms with Gasteiger partial charge in [0, 0.05) is 16.1 Å². The van der Waals surface area contributed by atoms with E-state index < -0.39 is 0 Å². The molecule has 2 nitrogen and oxygen atoms in total. The summed E-state index contributed by atoms with van der Waals surface area (Å²) in [4.78, 5) is 0. The van der Waals surface area contributed by atoms with E-state index in [1.54, 1.807) is 13.2 Å². The van der Waals surface area contributed by atoms with Crippen molar-refractivity contribution in [3.8, 4) is 5.75 Å². The number of likely N-dealkylation sites (N-methyl/N-ethyl adjacent to an activating group) is 1. The van der Waals surface area contributed by atoms with Crippen molar-refractivity contribution in [3.05, 3.63) is 62.0 Å². The van der Waals surface area contributed by atoms with Crippen molar-refractivity contribution in [1.82, 2.24) is 5.32 Å². The van der Waals surface area contributed by atoms with Gasteiger partial charge in [-0.2, -0.15) is 0 Å². The van der Waals surface area contributed by atoms with Gasteiger partial charge < -0.3 is 10.1 Å². The summed E-state index contributed by atoms with van der Waals surface area (Å²) in [6.07, 6.45) is 0.805. The van der Waals surface area contributed by atoms with Crippen molar-refractivity contribution in [2.75, 3.05) is 14.2 Å². The third-order valence-corrected chi connectivity index (χ3v) is 4.54. The van der Waals surface area contributed by atoms with E-state index in [2.05, 4.69) is 27.3 Å². The van der Waals surface area contributed by atoms with Crippen LogP contribution in [0.15, 0.2) is 40.9 Å². The van der Waals surface area contributed by atoms with Gasteiger partial charge in [0.15, 0.2) is 0 Å². The number of nitrogens with one attached hydrogen (secondary N) is 1. The van der Waals surface area contributed by atoms with E-state index in [-0.39, 0.29) is 6.04 Å². The van der Waals surface area contributed by atoms with Crippen LogP contribution in [0.2, 0.25) is 10.0 Å². The largest absolute Gasteiger partial charge is 0.496 e. The number of ether oxygens (including phenoxy) is 1. The number of rotatable bonds is 5. The highest BCUT2D eigenvalue weighted by atomic mass is 79.9. The molecule has 0 bridgehead atoms. The summed E-state index contributed by atoms with van der Waals surface area (Å²) >= 11 is 15.9. The molecule has 0 spiro atoms. The Bertz CT molecular complexity index is 634. The first-order valence-corrected chi connectivity index (χ1v) is 8.04. The van der Waals surface area contributed by atoms with Crippen molar-refractivity contribution in [2.45, 2.75) is 12.5 Å². The number of hydrogen-bond donors (Lipinski definition) is 1. The van der Waals surface area contributed by atoms with Crippen molar-refractivity contribution in [1.29, 1.82) is 0 Å². The van der Waals surface area contributed by atoms with Gasteiger partial charge in [0.2, 0.25) is 0 Å². The van der Waals surface area contributed by atoms with Crippen LogP contribution in [0.3, 0.4) is 0 Å². The van der Waals surface area contributed by atoms with Crippen molar-refractivity contribution >= 4 is 39.1 Å². The minimum atomic E-state index is 0.0940. The highest BCUT2D eigenvalue weighted by Crippen LogP contribution is 2.31. The van der Waals surface area contributed by atoms with Crippen LogP contribution >= 0.6 is 39.1 Å². The van der Waals surface area contributed by atoms with Gasteiger partial charge in [-0.25, -0.2) is 0 Å². The first-order chi connectivity index (χ1) is 10.0. The Morgan fingerprint density at radius 2 is 1.95 bits per heavy atom. The Morgan fingerprint density at radius 1 is 1.19 bits per heavy atom. The summed E-state index contributed by atoms with van der Waals surface area (Å²) in [6, 6.07) is 11.7. The first-order valence-electron chi connectivity index (χ1n) is 6.49. The van der Waals surface area contributed by atoms with Crippen LogP contribution < -0.4 is 10.1 Å². The van der Waals surface area contributed by atoms with Gasteiger partial charge in [0.1, 0.15) is 5.75 Å². The average Bonchev–Trinajstić information content (AvgIpc) is 2.47. The molecule has 0 amide bonds. The zero-order valence-corrected chi connectivity index (χ0v) is 14.9. The maximum Gasteiger partial charge on any atom is 0.133 e. The Morgan fingerprint density at radius 3 is 2.57 bits per heavy atom. The van der Waals surface area contributed by atoms with Crippen LogP contribution in [-0.2, 0) is 6.42 Å². The van der Waals surface area contributed by atoms with E-state index in [0.29, 0.717) is 10.0 Å². The molecule has 112 valence electrons. The number of methoxy groups -OCH3 is 1. The Hall–Kier alpha value is -0.740. The molecule has 0 radical (unpaired) electrons. The quantitative estimate of drug-likeness (QED) is 0.753. The molecule has 1 unspecified atom stereocenters. The highest BCUT2D eigenvalue weighted by molar-refractivity contribution is 9.10. The molecule has 0 aliphatic heterocycles. The van der Waals surface area contributed by atoms with Crippen LogP contribution in [0.5, 0.6) is 5.75 Å². The van der Waals surface area contributed by atoms with Gasteiger partial charge in [-0.05, 0) is 70.9 Å². The second kappa shape index (κ2) is 7.50. The predicted molar refractivity (Wildman–Crippen MR) is 92.7 cm³/mol. The lowest BCUT2D eigenvalue weighted by atomic mass is 9.99. The molecule has 0 aromatic heterocycles. The van der Waals surface area contributed by atoms with Crippen molar-refractivity contribution < 1.29 is 4.74 Å². The first kappa shape index (κ1) is 16.6.